The van der Waals surface area contributed by atoms with E-state index in [0.717, 1.165) is 6.61 Å². The van der Waals surface area contributed by atoms with E-state index in [1.165, 1.54) is 0 Å². The van der Waals surface area contributed by atoms with Gasteiger partial charge in [0.05, 0.1) is 19.8 Å². The monoisotopic (exact) mass is 147 g/mol. The molecule has 10 heavy (non-hydrogen) atoms. The first-order chi connectivity index (χ1) is 4.91. The summed E-state index contributed by atoms with van der Waals surface area (Å²) in [6.45, 7) is 4.43. The van der Waals surface area contributed by atoms with Gasteiger partial charge in [-0.15, -0.1) is 0 Å². The van der Waals surface area contributed by atoms with E-state index in [1.807, 2.05) is 6.92 Å². The summed E-state index contributed by atoms with van der Waals surface area (Å²) in [4.78, 5) is 0. The van der Waals surface area contributed by atoms with E-state index in [1.54, 1.807) is 0 Å². The highest BCUT2D eigenvalue weighted by Crippen LogP contribution is 1.81. The van der Waals surface area contributed by atoms with Crippen molar-refractivity contribution in [2.24, 2.45) is 0 Å². The predicted molar refractivity (Wildman–Crippen MR) is 37.5 cm³/mol. The summed E-state index contributed by atoms with van der Waals surface area (Å²) < 4.78 is 10.1. The zero-order chi connectivity index (χ0) is 7.66. The first-order valence-corrected chi connectivity index (χ1v) is 3.65. The van der Waals surface area contributed by atoms with E-state index in [9.17, 15) is 5.11 Å². The molecule has 0 saturated heterocycles. The Kier molecular flexibility index (Phi) is 8.77. The molecule has 0 saturated carbocycles. The maximum Gasteiger partial charge on any atom is 0.0844 e. The number of rotatable bonds is 7. The average molecular weight is 147 g/mol. The van der Waals surface area contributed by atoms with Crippen LogP contribution in [0.3, 0.4) is 0 Å². The van der Waals surface area contributed by atoms with E-state index < -0.39 is 0 Å². The van der Waals surface area contributed by atoms with Crippen molar-refractivity contribution in [2.45, 2.75) is 13.3 Å². The Labute approximate surface area is 62.0 Å². The Morgan fingerprint density at radius 1 is 1.10 bits per heavy atom. The smallest absolute Gasteiger partial charge is 0.0844 e. The first-order valence-electron chi connectivity index (χ1n) is 3.65. The van der Waals surface area contributed by atoms with Crippen LogP contribution in [0, 0.1) is 0 Å². The van der Waals surface area contributed by atoms with Crippen LogP contribution in [0.5, 0.6) is 0 Å². The molecule has 0 unspecified atom stereocenters. The Hall–Kier alpha value is -0.120. The van der Waals surface area contributed by atoms with Gasteiger partial charge in [0.2, 0.25) is 0 Å². The summed E-state index contributed by atoms with van der Waals surface area (Å²) >= 11 is 0. The fraction of sp³-hybridized carbons (Fsp3) is 1.00. The molecule has 0 bridgehead atoms. The molecule has 0 fully saturated rings. The maximum absolute atomic E-state index is 9.91. The lowest BCUT2D eigenvalue weighted by molar-refractivity contribution is 0.0428. The molecule has 0 N–H and O–H groups in total. The molecule has 3 nitrogen and oxygen atoms in total. The lowest BCUT2D eigenvalue weighted by atomic mass is 10.5. The van der Waals surface area contributed by atoms with Gasteiger partial charge in [0.25, 0.3) is 0 Å². The topological polar surface area (TPSA) is 38.4 Å². The van der Waals surface area contributed by atoms with Gasteiger partial charge in [0.15, 0.2) is 0 Å². The van der Waals surface area contributed by atoms with Crippen LogP contribution < -0.4 is 0 Å². The van der Waals surface area contributed by atoms with Crippen molar-refractivity contribution in [3.05, 3.63) is 0 Å². The van der Waals surface area contributed by atoms with Crippen LogP contribution in [0.15, 0.2) is 0 Å². The van der Waals surface area contributed by atoms with Crippen molar-refractivity contribution in [3.8, 4) is 0 Å². The van der Waals surface area contributed by atoms with Crippen molar-refractivity contribution >= 4 is 0 Å². The van der Waals surface area contributed by atoms with Crippen LogP contribution >= 0.6 is 0 Å². The number of hydrogen-bond acceptors (Lipinski definition) is 2. The third-order valence-electron chi connectivity index (χ3n) is 1.01. The second-order valence-electron chi connectivity index (χ2n) is 1.87. The quantitative estimate of drug-likeness (QED) is 0.501. The zero-order valence-corrected chi connectivity index (χ0v) is 6.47. The van der Waals surface area contributed by atoms with Gasteiger partial charge in [0, 0.05) is 13.2 Å². The third kappa shape index (κ3) is 7.88. The molecule has 0 aromatic rings. The molecule has 0 aliphatic carbocycles. The third-order valence-corrected chi connectivity index (χ3v) is 1.01. The molecular formula is C7H15O3. The van der Waals surface area contributed by atoms with E-state index in [0.29, 0.717) is 26.2 Å². The summed E-state index contributed by atoms with van der Waals surface area (Å²) in [5, 5.41) is 9.91. The molecule has 0 aromatic heterocycles. The van der Waals surface area contributed by atoms with Crippen LogP contribution in [-0.2, 0) is 14.6 Å². The van der Waals surface area contributed by atoms with Gasteiger partial charge in [0.1, 0.15) is 0 Å². The molecule has 0 spiro atoms. The van der Waals surface area contributed by atoms with Crippen molar-refractivity contribution < 1.29 is 14.6 Å². The van der Waals surface area contributed by atoms with Crippen LogP contribution in [0.2, 0.25) is 0 Å². The summed E-state index contributed by atoms with van der Waals surface area (Å²) in [5.74, 6) is 0. The van der Waals surface area contributed by atoms with Crippen LogP contribution in [0.25, 0.3) is 0 Å². The fourth-order valence-corrected chi connectivity index (χ4v) is 0.525. The van der Waals surface area contributed by atoms with E-state index in [2.05, 4.69) is 0 Å². The van der Waals surface area contributed by atoms with Gasteiger partial charge >= 0.3 is 0 Å². The molecule has 3 heteroatoms. The molecule has 0 aromatic carbocycles. The SMILES string of the molecule is CCOCCOCCC[O]. The maximum atomic E-state index is 9.91. The summed E-state index contributed by atoms with van der Waals surface area (Å²) in [6.07, 6.45) is 0.603. The van der Waals surface area contributed by atoms with Gasteiger partial charge in [-0.25, -0.2) is 5.11 Å². The largest absolute Gasteiger partial charge is 0.379 e. The molecule has 1 radical (unpaired) electrons. The Morgan fingerprint density at radius 3 is 2.40 bits per heavy atom. The van der Waals surface area contributed by atoms with Crippen molar-refractivity contribution in [1.82, 2.24) is 0 Å². The van der Waals surface area contributed by atoms with Gasteiger partial charge in [-0.3, -0.25) is 0 Å². The molecular weight excluding hydrogens is 132 g/mol. The highest BCUT2D eigenvalue weighted by molar-refractivity contribution is 4.32. The van der Waals surface area contributed by atoms with Gasteiger partial charge in [-0.1, -0.05) is 0 Å². The van der Waals surface area contributed by atoms with Crippen molar-refractivity contribution in [3.63, 3.8) is 0 Å². The second-order valence-corrected chi connectivity index (χ2v) is 1.87. The minimum atomic E-state index is -0.0470. The molecule has 0 aliphatic heterocycles. The first kappa shape index (κ1) is 9.88. The Bertz CT molecular complexity index is 48.8. The number of ether oxygens (including phenoxy) is 2. The predicted octanol–water partition coefficient (Wildman–Crippen LogP) is 0.860. The van der Waals surface area contributed by atoms with E-state index in [-0.39, 0.29) is 6.61 Å². The molecule has 0 amide bonds. The minimum absolute atomic E-state index is 0.0470. The second kappa shape index (κ2) is 8.88. The van der Waals surface area contributed by atoms with Gasteiger partial charge in [-0.2, -0.15) is 0 Å². The highest BCUT2D eigenvalue weighted by Gasteiger charge is 1.87. The normalized spacial score (nSPS) is 10.2. The van der Waals surface area contributed by atoms with Gasteiger partial charge in [-0.05, 0) is 13.3 Å². The van der Waals surface area contributed by atoms with Crippen molar-refractivity contribution in [2.75, 3.05) is 33.0 Å². The summed E-state index contributed by atoms with van der Waals surface area (Å²) in [6, 6.07) is 0. The van der Waals surface area contributed by atoms with Crippen LogP contribution in [0.1, 0.15) is 13.3 Å². The fourth-order valence-electron chi connectivity index (χ4n) is 0.525. The zero-order valence-electron chi connectivity index (χ0n) is 6.47. The minimum Gasteiger partial charge on any atom is -0.379 e. The van der Waals surface area contributed by atoms with Crippen LogP contribution in [0.4, 0.5) is 0 Å². The average Bonchev–Trinajstić information content (AvgIpc) is 1.97. The van der Waals surface area contributed by atoms with Crippen molar-refractivity contribution in [1.29, 1.82) is 0 Å². The summed E-state index contributed by atoms with van der Waals surface area (Å²) in [5.41, 5.74) is 0. The van der Waals surface area contributed by atoms with E-state index >= 15 is 0 Å². The number of hydrogen-bond donors (Lipinski definition) is 0. The molecule has 0 atom stereocenters. The Balaban J connectivity index is 2.65. The highest BCUT2D eigenvalue weighted by atomic mass is 16.5. The molecule has 0 rings (SSSR count). The molecule has 61 valence electrons. The lowest BCUT2D eigenvalue weighted by Gasteiger charge is -2.01. The standard InChI is InChI=1S/C7H15O3/c1-2-9-6-7-10-5-3-4-8/h2-7H2,1H3. The van der Waals surface area contributed by atoms with Crippen LogP contribution in [-0.4, -0.2) is 33.0 Å². The molecule has 0 aliphatic rings. The molecule has 0 heterocycles. The van der Waals surface area contributed by atoms with E-state index in [4.69, 9.17) is 9.47 Å². The summed E-state index contributed by atoms with van der Waals surface area (Å²) in [7, 11) is 0. The van der Waals surface area contributed by atoms with Gasteiger partial charge < -0.3 is 9.47 Å². The Morgan fingerprint density at radius 2 is 1.80 bits per heavy atom. The lowest BCUT2D eigenvalue weighted by Crippen LogP contribution is -2.05.